The molecule has 1 aliphatic rings. The topological polar surface area (TPSA) is 3.24 Å². The Morgan fingerprint density at radius 3 is 2.38 bits per heavy atom. The first-order valence-electron chi connectivity index (χ1n) is 9.17. The molecule has 138 valence electrons. The van der Waals surface area contributed by atoms with Gasteiger partial charge in [0, 0.05) is 22.5 Å². The van der Waals surface area contributed by atoms with Crippen molar-refractivity contribution < 1.29 is 0 Å². The Kier molecular flexibility index (Phi) is 6.29. The van der Waals surface area contributed by atoms with E-state index in [2.05, 4.69) is 65.1 Å². The van der Waals surface area contributed by atoms with E-state index >= 15 is 0 Å². The predicted octanol–water partition coefficient (Wildman–Crippen LogP) is 6.18. The molecule has 1 saturated heterocycles. The van der Waals surface area contributed by atoms with Crippen molar-refractivity contribution >= 4 is 32.7 Å². The van der Waals surface area contributed by atoms with Crippen LogP contribution in [0, 0.1) is 5.92 Å². The van der Waals surface area contributed by atoms with Crippen molar-refractivity contribution in [2.45, 2.75) is 36.6 Å². The minimum absolute atomic E-state index is 0.472. The van der Waals surface area contributed by atoms with Crippen molar-refractivity contribution in [1.82, 2.24) is 4.31 Å². The van der Waals surface area contributed by atoms with Crippen LogP contribution in [0.3, 0.4) is 0 Å². The lowest BCUT2D eigenvalue weighted by Gasteiger charge is -2.44. The molecule has 0 radical (unpaired) electrons. The van der Waals surface area contributed by atoms with Crippen molar-refractivity contribution in [3.63, 3.8) is 0 Å². The molecular weight excluding hydrogens is 358 g/mol. The lowest BCUT2D eigenvalue weighted by atomic mass is 9.88. The Morgan fingerprint density at radius 2 is 1.73 bits per heavy atom. The van der Waals surface area contributed by atoms with Gasteiger partial charge in [0.15, 0.2) is 0 Å². The van der Waals surface area contributed by atoms with E-state index in [4.69, 9.17) is 11.6 Å². The molecule has 3 heteroatoms. The van der Waals surface area contributed by atoms with Crippen molar-refractivity contribution in [3.8, 4) is 0 Å². The highest BCUT2D eigenvalue weighted by Crippen LogP contribution is 2.43. The monoisotopic (exact) mass is 385 g/mol. The van der Waals surface area contributed by atoms with Gasteiger partial charge in [0.25, 0.3) is 0 Å². The van der Waals surface area contributed by atoms with Gasteiger partial charge in [0.1, 0.15) is 0 Å². The minimum atomic E-state index is -1.55. The predicted molar refractivity (Wildman–Crippen MR) is 120 cm³/mol. The summed E-state index contributed by atoms with van der Waals surface area (Å²) in [5.74, 6) is 9.82. The Labute approximate surface area is 163 Å². The molecule has 3 rings (SSSR count). The van der Waals surface area contributed by atoms with Crippen molar-refractivity contribution in [2.75, 3.05) is 6.54 Å². The van der Waals surface area contributed by atoms with Gasteiger partial charge < -0.3 is 0 Å². The molecule has 0 saturated carbocycles. The van der Waals surface area contributed by atoms with E-state index in [-0.39, 0.29) is 0 Å². The number of benzene rings is 2. The second kappa shape index (κ2) is 8.47. The number of hydrogen-bond donors (Lipinski definition) is 0. The summed E-state index contributed by atoms with van der Waals surface area (Å²) in [6.07, 6.45) is 6.57. The Hall–Kier alpha value is -1.48. The van der Waals surface area contributed by atoms with Crippen LogP contribution in [0.1, 0.15) is 24.8 Å². The number of rotatable bonds is 6. The lowest BCUT2D eigenvalue weighted by molar-refractivity contribution is 0.209. The van der Waals surface area contributed by atoms with Crippen LogP contribution in [-0.2, 0) is 6.42 Å². The fourth-order valence-electron chi connectivity index (χ4n) is 3.86. The first kappa shape index (κ1) is 19.3. The van der Waals surface area contributed by atoms with E-state index in [1.54, 1.807) is 0 Å². The average molecular weight is 386 g/mol. The summed E-state index contributed by atoms with van der Waals surface area (Å²) >= 11 is 6.08. The number of halogens is 1. The molecule has 2 aromatic rings. The lowest BCUT2D eigenvalue weighted by Crippen LogP contribution is -2.41. The molecule has 1 fully saturated rings. The molecule has 0 amide bonds. The standard InChI is InChI=1S/C23H28ClNS/c1-4-8-22-14-11-20(17-19-9-6-5-7-10-19)18-25(22)26(2,3)23-15-12-21(24)13-16-23/h4-7,9-10,12-13,15-16,20,22H,1-3,8,11,14,17-18H2/t20-,22-/m0/s1. The largest absolute Gasteiger partial charge is 0.254 e. The van der Waals surface area contributed by atoms with E-state index in [9.17, 15) is 0 Å². The van der Waals surface area contributed by atoms with E-state index in [1.807, 2.05) is 18.2 Å². The summed E-state index contributed by atoms with van der Waals surface area (Å²) in [6.45, 7) is 5.01. The molecule has 2 aromatic carbocycles. The van der Waals surface area contributed by atoms with Crippen molar-refractivity contribution in [3.05, 3.63) is 77.8 Å². The third-order valence-electron chi connectivity index (χ3n) is 5.26. The third-order valence-corrected chi connectivity index (χ3v) is 8.01. The zero-order valence-corrected chi connectivity index (χ0v) is 16.9. The Bertz CT molecular complexity index is 824. The van der Waals surface area contributed by atoms with E-state index in [1.165, 1.54) is 23.3 Å². The van der Waals surface area contributed by atoms with Crippen LogP contribution in [0.2, 0.25) is 5.02 Å². The van der Waals surface area contributed by atoms with Gasteiger partial charge in [-0.3, -0.25) is 4.31 Å². The summed E-state index contributed by atoms with van der Waals surface area (Å²) in [7, 11) is -1.55. The zero-order valence-electron chi connectivity index (χ0n) is 15.3. The number of nitrogens with zero attached hydrogens (tertiary/aromatic N) is 1. The zero-order chi connectivity index (χ0) is 18.6. The highest BCUT2D eigenvalue weighted by atomic mass is 35.5. The second-order valence-corrected chi connectivity index (χ2v) is 10.3. The van der Waals surface area contributed by atoms with Gasteiger partial charge in [-0.2, -0.15) is 0 Å². The maximum Gasteiger partial charge on any atom is 0.0406 e. The van der Waals surface area contributed by atoms with Crippen LogP contribution in [0.4, 0.5) is 0 Å². The molecule has 0 aromatic heterocycles. The average Bonchev–Trinajstić information content (AvgIpc) is 2.64. The molecule has 0 N–H and O–H groups in total. The fourth-order valence-corrected chi connectivity index (χ4v) is 6.16. The van der Waals surface area contributed by atoms with Crippen LogP contribution in [-0.4, -0.2) is 28.6 Å². The van der Waals surface area contributed by atoms with Gasteiger partial charge in [-0.25, -0.2) is 0 Å². The molecule has 2 atom stereocenters. The van der Waals surface area contributed by atoms with E-state index in [0.29, 0.717) is 12.0 Å². The summed E-state index contributed by atoms with van der Waals surface area (Å²) in [5, 5.41) is 0.757. The van der Waals surface area contributed by atoms with E-state index in [0.717, 1.165) is 24.4 Å². The van der Waals surface area contributed by atoms with Gasteiger partial charge in [-0.1, -0.05) is 59.7 Å². The van der Waals surface area contributed by atoms with Gasteiger partial charge in [0.05, 0.1) is 0 Å². The first-order chi connectivity index (χ1) is 12.5. The summed E-state index contributed by atoms with van der Waals surface area (Å²) < 4.78 is 2.56. The van der Waals surface area contributed by atoms with Crippen LogP contribution >= 0.6 is 21.0 Å². The smallest absolute Gasteiger partial charge is 0.0406 e. The van der Waals surface area contributed by atoms with Gasteiger partial charge in [0.2, 0.25) is 0 Å². The molecule has 1 aliphatic heterocycles. The highest BCUT2D eigenvalue weighted by Gasteiger charge is 2.30. The quantitative estimate of drug-likeness (QED) is 0.423. The molecule has 0 spiro atoms. The van der Waals surface area contributed by atoms with Gasteiger partial charge >= 0.3 is 0 Å². The van der Waals surface area contributed by atoms with Gasteiger partial charge in [-0.15, -0.1) is 16.0 Å². The Balaban J connectivity index is 1.84. The van der Waals surface area contributed by atoms with Crippen molar-refractivity contribution in [2.24, 2.45) is 5.92 Å². The molecular formula is C23H28ClNS. The van der Waals surface area contributed by atoms with Crippen LogP contribution in [0.5, 0.6) is 0 Å². The summed E-state index contributed by atoms with van der Waals surface area (Å²) in [4.78, 5) is 1.19. The van der Waals surface area contributed by atoms with Crippen molar-refractivity contribution in [1.29, 1.82) is 0 Å². The molecule has 1 heterocycles. The number of piperidine rings is 1. The maximum absolute atomic E-state index is 6.08. The molecule has 0 unspecified atom stereocenters. The Morgan fingerprint density at radius 1 is 1.04 bits per heavy atom. The van der Waals surface area contributed by atoms with Gasteiger partial charge in [-0.05, 0) is 61.4 Å². The normalized spacial score (nSPS) is 21.4. The molecule has 0 aliphatic carbocycles. The first-order valence-corrected chi connectivity index (χ1v) is 11.5. The molecule has 26 heavy (non-hydrogen) atoms. The van der Waals surface area contributed by atoms with E-state index < -0.39 is 9.39 Å². The van der Waals surface area contributed by atoms with Crippen LogP contribution < -0.4 is 0 Å². The molecule has 1 nitrogen and oxygen atoms in total. The summed E-state index contributed by atoms with van der Waals surface area (Å²) in [6, 6.07) is 19.3. The third kappa shape index (κ3) is 4.43. The fraction of sp³-hybridized carbons (Fsp3) is 0.304. The molecule has 0 bridgehead atoms. The maximum atomic E-state index is 6.08. The van der Waals surface area contributed by atoms with Crippen LogP contribution in [0.25, 0.3) is 0 Å². The SMILES string of the molecule is C=CC[C@H]1CC[C@@H](Cc2ccccc2)CN1S(=C)(=C)c1ccc(Cl)cc1. The highest BCUT2D eigenvalue weighted by molar-refractivity contribution is 8.25. The van der Waals surface area contributed by atoms with Crippen LogP contribution in [0.15, 0.2) is 72.1 Å². The second-order valence-electron chi connectivity index (χ2n) is 7.21. The summed E-state index contributed by atoms with van der Waals surface area (Å²) in [5.41, 5.74) is 1.42. The minimum Gasteiger partial charge on any atom is -0.254 e. The number of hydrogen-bond acceptors (Lipinski definition) is 1.